The molecule has 0 amide bonds. The van der Waals surface area contributed by atoms with Crippen LogP contribution in [0, 0.1) is 11.3 Å². The highest BCUT2D eigenvalue weighted by atomic mass is 19.4. The number of halogens is 3. The van der Waals surface area contributed by atoms with E-state index in [2.05, 4.69) is 11.3 Å². The number of rotatable bonds is 1. The van der Waals surface area contributed by atoms with E-state index in [1.807, 2.05) is 0 Å². The van der Waals surface area contributed by atoms with Gasteiger partial charge in [-0.1, -0.05) is 6.58 Å². The Kier molecular flexibility index (Phi) is 2.63. The number of carbonyl (C=O) groups excluding carboxylic acids is 1. The van der Waals surface area contributed by atoms with E-state index in [9.17, 15) is 18.0 Å². The molecule has 0 fully saturated rings. The minimum Gasteiger partial charge on any atom is -0.369 e. The van der Waals surface area contributed by atoms with Gasteiger partial charge in [-0.05, 0) is 0 Å². The van der Waals surface area contributed by atoms with Crippen molar-refractivity contribution in [3.63, 3.8) is 0 Å². The average molecular weight is 165 g/mol. The summed E-state index contributed by atoms with van der Waals surface area (Å²) in [5.74, 6) is -1.78. The molecule has 0 atom stereocenters. The third-order valence-electron chi connectivity index (χ3n) is 0.590. The normalized spacial score (nSPS) is 10.0. The molecule has 0 aliphatic heterocycles. The highest BCUT2D eigenvalue weighted by molar-refractivity contribution is 5.91. The summed E-state index contributed by atoms with van der Waals surface area (Å²) < 4.78 is 36.5. The van der Waals surface area contributed by atoms with Gasteiger partial charge in [0.05, 0.1) is 0 Å². The number of hydrogen-bond acceptors (Lipinski definition) is 3. The molecule has 3 nitrogen and oxygen atoms in total. The van der Waals surface area contributed by atoms with E-state index in [0.29, 0.717) is 0 Å². The zero-order valence-electron chi connectivity index (χ0n) is 5.10. The Balaban J connectivity index is 4.13. The summed E-state index contributed by atoms with van der Waals surface area (Å²) in [6, 6.07) is 1.12. The second-order valence-electron chi connectivity index (χ2n) is 1.43. The van der Waals surface area contributed by atoms with E-state index in [0.717, 1.165) is 6.07 Å². The van der Waals surface area contributed by atoms with Crippen LogP contribution in [-0.2, 0) is 9.53 Å². The van der Waals surface area contributed by atoms with Crippen LogP contribution in [0.4, 0.5) is 13.2 Å². The standard InChI is InChI=1S/C5H2F3NO2/c1-3(2-9)4(10)11-5(6,7)8/h1H2. The van der Waals surface area contributed by atoms with Crippen LogP contribution >= 0.6 is 0 Å². The summed E-state index contributed by atoms with van der Waals surface area (Å²) in [6.07, 6.45) is -5.06. The van der Waals surface area contributed by atoms with Crippen molar-refractivity contribution < 1.29 is 22.7 Å². The summed E-state index contributed by atoms with van der Waals surface area (Å²) in [4.78, 5) is 10.1. The van der Waals surface area contributed by atoms with E-state index in [1.165, 1.54) is 0 Å². The molecule has 0 spiro atoms. The number of nitriles is 1. The van der Waals surface area contributed by atoms with Crippen molar-refractivity contribution >= 4 is 5.97 Å². The van der Waals surface area contributed by atoms with Gasteiger partial charge in [0, 0.05) is 0 Å². The van der Waals surface area contributed by atoms with Crippen LogP contribution in [0.25, 0.3) is 0 Å². The van der Waals surface area contributed by atoms with Gasteiger partial charge < -0.3 is 4.74 Å². The lowest BCUT2D eigenvalue weighted by Crippen LogP contribution is -2.19. The van der Waals surface area contributed by atoms with E-state index in [-0.39, 0.29) is 0 Å². The largest absolute Gasteiger partial charge is 0.575 e. The average Bonchev–Trinajstić information content (AvgIpc) is 1.82. The Labute approximate surface area is 59.7 Å². The van der Waals surface area contributed by atoms with Gasteiger partial charge in [-0.25, -0.2) is 4.79 Å². The van der Waals surface area contributed by atoms with Crippen LogP contribution in [-0.4, -0.2) is 12.3 Å². The van der Waals surface area contributed by atoms with Crippen molar-refractivity contribution in [2.45, 2.75) is 6.36 Å². The van der Waals surface area contributed by atoms with E-state index < -0.39 is 17.9 Å². The lowest BCUT2D eigenvalue weighted by Gasteiger charge is -2.04. The first-order valence-electron chi connectivity index (χ1n) is 2.26. The maximum Gasteiger partial charge on any atom is 0.575 e. The summed E-state index contributed by atoms with van der Waals surface area (Å²) in [7, 11) is 0. The monoisotopic (exact) mass is 165 g/mol. The molecule has 0 unspecified atom stereocenters. The SMILES string of the molecule is C=C(C#N)C(=O)OC(F)(F)F. The summed E-state index contributed by atoms with van der Waals surface area (Å²) in [5, 5.41) is 7.88. The van der Waals surface area contributed by atoms with Gasteiger partial charge in [0.25, 0.3) is 0 Å². The predicted octanol–water partition coefficient (Wildman–Crippen LogP) is 1.13. The maximum atomic E-state index is 11.2. The zero-order valence-corrected chi connectivity index (χ0v) is 5.10. The highest BCUT2D eigenvalue weighted by Gasteiger charge is 2.34. The van der Waals surface area contributed by atoms with E-state index in [1.54, 1.807) is 0 Å². The summed E-state index contributed by atoms with van der Waals surface area (Å²) in [5.41, 5.74) is -0.887. The first kappa shape index (κ1) is 9.49. The first-order valence-corrected chi connectivity index (χ1v) is 2.26. The number of nitrogens with zero attached hydrogens (tertiary/aromatic N) is 1. The second-order valence-corrected chi connectivity index (χ2v) is 1.43. The Morgan fingerprint density at radius 3 is 2.27 bits per heavy atom. The third kappa shape index (κ3) is 3.97. The Bertz CT molecular complexity index is 225. The van der Waals surface area contributed by atoms with Gasteiger partial charge in [-0.2, -0.15) is 5.26 Å². The fraction of sp³-hybridized carbons (Fsp3) is 0.200. The Morgan fingerprint density at radius 1 is 1.55 bits per heavy atom. The Morgan fingerprint density at radius 2 is 2.00 bits per heavy atom. The van der Waals surface area contributed by atoms with Crippen molar-refractivity contribution in [2.75, 3.05) is 0 Å². The zero-order chi connectivity index (χ0) is 9.07. The molecule has 0 radical (unpaired) electrons. The lowest BCUT2D eigenvalue weighted by atomic mass is 10.3. The molecule has 0 N–H and O–H groups in total. The van der Waals surface area contributed by atoms with E-state index in [4.69, 9.17) is 5.26 Å². The molecular weight excluding hydrogens is 163 g/mol. The summed E-state index contributed by atoms with van der Waals surface area (Å²) >= 11 is 0. The van der Waals surface area contributed by atoms with Crippen molar-refractivity contribution in [3.05, 3.63) is 12.2 Å². The van der Waals surface area contributed by atoms with Gasteiger partial charge in [-0.3, -0.25) is 0 Å². The van der Waals surface area contributed by atoms with Crippen LogP contribution in [0.2, 0.25) is 0 Å². The van der Waals surface area contributed by atoms with Crippen molar-refractivity contribution in [1.29, 1.82) is 5.26 Å². The molecule has 0 aliphatic carbocycles. The molecule has 0 aromatic heterocycles. The molecule has 0 aromatic rings. The van der Waals surface area contributed by atoms with Crippen molar-refractivity contribution in [3.8, 4) is 6.07 Å². The van der Waals surface area contributed by atoms with Crippen LogP contribution < -0.4 is 0 Å². The molecule has 0 aromatic carbocycles. The topological polar surface area (TPSA) is 50.1 Å². The molecule has 0 heterocycles. The van der Waals surface area contributed by atoms with Gasteiger partial charge in [0.2, 0.25) is 0 Å². The van der Waals surface area contributed by atoms with Gasteiger partial charge in [0.15, 0.2) is 0 Å². The quantitative estimate of drug-likeness (QED) is 0.332. The molecule has 0 saturated carbocycles. The second kappa shape index (κ2) is 3.05. The van der Waals surface area contributed by atoms with E-state index >= 15 is 0 Å². The van der Waals surface area contributed by atoms with Crippen LogP contribution in [0.3, 0.4) is 0 Å². The van der Waals surface area contributed by atoms with Gasteiger partial charge >= 0.3 is 12.3 Å². The molecule has 11 heavy (non-hydrogen) atoms. The van der Waals surface area contributed by atoms with Crippen LogP contribution in [0.1, 0.15) is 0 Å². The molecule has 0 saturated heterocycles. The Hall–Kier alpha value is -1.51. The molecular formula is C5H2F3NO2. The molecule has 6 heteroatoms. The van der Waals surface area contributed by atoms with Gasteiger partial charge in [-0.15, -0.1) is 13.2 Å². The fourth-order valence-corrected chi connectivity index (χ4v) is 0.212. The van der Waals surface area contributed by atoms with Crippen molar-refractivity contribution in [1.82, 2.24) is 0 Å². The number of alkyl halides is 3. The fourth-order valence-electron chi connectivity index (χ4n) is 0.212. The molecule has 0 aliphatic rings. The number of hydrogen-bond donors (Lipinski definition) is 0. The maximum absolute atomic E-state index is 11.2. The number of esters is 1. The van der Waals surface area contributed by atoms with Crippen molar-refractivity contribution in [2.24, 2.45) is 0 Å². The van der Waals surface area contributed by atoms with Gasteiger partial charge in [0.1, 0.15) is 11.6 Å². The minimum absolute atomic E-state index is 0.887. The number of ether oxygens (including phenoxy) is 1. The molecule has 0 rings (SSSR count). The first-order chi connectivity index (χ1) is 4.87. The molecule has 60 valence electrons. The lowest BCUT2D eigenvalue weighted by molar-refractivity contribution is -0.303. The molecule has 0 bridgehead atoms. The smallest absolute Gasteiger partial charge is 0.369 e. The third-order valence-corrected chi connectivity index (χ3v) is 0.590. The highest BCUT2D eigenvalue weighted by Crippen LogP contribution is 2.17. The minimum atomic E-state index is -5.06. The number of carbonyl (C=O) groups is 1. The predicted molar refractivity (Wildman–Crippen MR) is 26.9 cm³/mol. The van der Waals surface area contributed by atoms with Crippen LogP contribution in [0.5, 0.6) is 0 Å². The van der Waals surface area contributed by atoms with Crippen LogP contribution in [0.15, 0.2) is 12.2 Å². The summed E-state index contributed by atoms with van der Waals surface area (Å²) in [6.45, 7) is 2.72.